The summed E-state index contributed by atoms with van der Waals surface area (Å²) >= 11 is 1.13. The fourth-order valence-corrected chi connectivity index (χ4v) is 3.33. The van der Waals surface area contributed by atoms with Crippen LogP contribution >= 0.6 is 11.3 Å². The second kappa shape index (κ2) is 7.92. The molecule has 1 amide bonds. The smallest absolute Gasteiger partial charge is 0.337 e. The summed E-state index contributed by atoms with van der Waals surface area (Å²) < 4.78 is 4.63. The minimum atomic E-state index is -0.472. The summed E-state index contributed by atoms with van der Waals surface area (Å²) in [5.41, 5.74) is 2.07. The quantitative estimate of drug-likeness (QED) is 0.533. The number of methoxy groups -OCH3 is 1. The van der Waals surface area contributed by atoms with Crippen molar-refractivity contribution in [1.82, 2.24) is 4.98 Å². The highest BCUT2D eigenvalue weighted by molar-refractivity contribution is 7.18. The number of thiazole rings is 1. The molecule has 3 rings (SSSR count). The van der Waals surface area contributed by atoms with E-state index in [-0.39, 0.29) is 11.7 Å². The maximum atomic E-state index is 12.4. The lowest BCUT2D eigenvalue weighted by atomic mass is 10.1. The van der Waals surface area contributed by atoms with Crippen LogP contribution in [0.4, 0.5) is 5.13 Å². The van der Waals surface area contributed by atoms with Crippen molar-refractivity contribution in [3.8, 4) is 11.3 Å². The van der Waals surface area contributed by atoms with Crippen LogP contribution in [0.3, 0.4) is 0 Å². The van der Waals surface area contributed by atoms with E-state index in [0.29, 0.717) is 26.8 Å². The topological polar surface area (TPSA) is 85.4 Å². The van der Waals surface area contributed by atoms with Crippen molar-refractivity contribution in [2.75, 3.05) is 12.4 Å². The molecule has 0 atom stereocenters. The van der Waals surface area contributed by atoms with E-state index in [1.54, 1.807) is 0 Å². The lowest BCUT2D eigenvalue weighted by Gasteiger charge is -2.03. The lowest BCUT2D eigenvalue weighted by molar-refractivity contribution is 0.0600. The molecule has 0 aliphatic heterocycles. The Kier molecular flexibility index (Phi) is 5.42. The molecule has 0 aliphatic carbocycles. The third kappa shape index (κ3) is 4.09. The molecule has 1 heterocycles. The average Bonchev–Trinajstić information content (AvgIpc) is 3.12. The molecule has 1 N–H and O–H groups in total. The third-order valence-electron chi connectivity index (χ3n) is 3.78. The van der Waals surface area contributed by atoms with E-state index in [2.05, 4.69) is 15.0 Å². The second-order valence-electron chi connectivity index (χ2n) is 5.64. The predicted molar refractivity (Wildman–Crippen MR) is 103 cm³/mol. The van der Waals surface area contributed by atoms with Gasteiger partial charge in [0.1, 0.15) is 0 Å². The Morgan fingerprint density at radius 1 is 0.963 bits per heavy atom. The molecular formula is C20H16N2O4S. The number of nitrogens with one attached hydrogen (secondary N) is 1. The number of carbonyl (C=O) groups is 3. The number of rotatable bonds is 5. The number of amides is 1. The zero-order chi connectivity index (χ0) is 19.4. The molecule has 0 bridgehead atoms. The molecule has 1 aromatic heterocycles. The normalized spacial score (nSPS) is 10.3. The van der Waals surface area contributed by atoms with Crippen LogP contribution in [0.2, 0.25) is 0 Å². The molecule has 136 valence electrons. The molecule has 0 aliphatic rings. The standard InChI is InChI=1S/C20H16N2O4S/c1-12(23)17-16(13-6-4-3-5-7-13)21-20(27-17)22-18(24)14-8-10-15(11-9-14)19(25)26-2/h3-11H,1-2H3,(H,21,22,24). The predicted octanol–water partition coefficient (Wildman–Crippen LogP) is 4.05. The van der Waals surface area contributed by atoms with Gasteiger partial charge in [0.2, 0.25) is 0 Å². The van der Waals surface area contributed by atoms with E-state index in [1.165, 1.54) is 38.3 Å². The number of nitrogens with zero attached hydrogens (tertiary/aromatic N) is 1. The Morgan fingerprint density at radius 3 is 2.19 bits per heavy atom. The van der Waals surface area contributed by atoms with Gasteiger partial charge in [-0.1, -0.05) is 41.7 Å². The molecule has 0 saturated heterocycles. The largest absolute Gasteiger partial charge is 0.465 e. The minimum absolute atomic E-state index is 0.116. The van der Waals surface area contributed by atoms with Gasteiger partial charge in [0.15, 0.2) is 10.9 Å². The van der Waals surface area contributed by atoms with Crippen LogP contribution in [0, 0.1) is 0 Å². The number of aromatic nitrogens is 1. The van der Waals surface area contributed by atoms with Gasteiger partial charge in [0, 0.05) is 18.1 Å². The van der Waals surface area contributed by atoms with Crippen LogP contribution in [-0.4, -0.2) is 29.8 Å². The van der Waals surface area contributed by atoms with Crippen molar-refractivity contribution < 1.29 is 19.1 Å². The summed E-state index contributed by atoms with van der Waals surface area (Å²) in [7, 11) is 1.29. The number of carbonyl (C=O) groups excluding carboxylic acids is 3. The summed E-state index contributed by atoms with van der Waals surface area (Å²) in [6.07, 6.45) is 0. The number of benzene rings is 2. The Labute approximate surface area is 159 Å². The zero-order valence-corrected chi connectivity index (χ0v) is 15.5. The highest BCUT2D eigenvalue weighted by atomic mass is 32.1. The van der Waals surface area contributed by atoms with Gasteiger partial charge in [-0.25, -0.2) is 9.78 Å². The average molecular weight is 380 g/mol. The highest BCUT2D eigenvalue weighted by Crippen LogP contribution is 2.31. The molecule has 6 nitrogen and oxygen atoms in total. The van der Waals surface area contributed by atoms with Crippen molar-refractivity contribution in [2.24, 2.45) is 0 Å². The van der Waals surface area contributed by atoms with E-state index in [0.717, 1.165) is 16.9 Å². The molecule has 0 spiro atoms. The van der Waals surface area contributed by atoms with Gasteiger partial charge < -0.3 is 4.74 Å². The minimum Gasteiger partial charge on any atom is -0.465 e. The molecule has 3 aromatic rings. The summed E-state index contributed by atoms with van der Waals surface area (Å²) in [5, 5.41) is 3.04. The second-order valence-corrected chi connectivity index (χ2v) is 6.64. The number of Topliss-reactive ketones (excluding diaryl/α,β-unsaturated/α-hetero) is 1. The first-order chi connectivity index (χ1) is 13.0. The Hall–Kier alpha value is -3.32. The Morgan fingerprint density at radius 2 is 1.59 bits per heavy atom. The van der Waals surface area contributed by atoms with Gasteiger partial charge in [-0.3, -0.25) is 14.9 Å². The molecule has 0 saturated carbocycles. The fourth-order valence-electron chi connectivity index (χ4n) is 2.45. The number of hydrogen-bond donors (Lipinski definition) is 1. The van der Waals surface area contributed by atoms with Crippen LogP contribution in [0.15, 0.2) is 54.6 Å². The van der Waals surface area contributed by atoms with Gasteiger partial charge in [0.25, 0.3) is 5.91 Å². The van der Waals surface area contributed by atoms with Crippen LogP contribution in [0.5, 0.6) is 0 Å². The summed E-state index contributed by atoms with van der Waals surface area (Å²) in [6, 6.07) is 15.4. The van der Waals surface area contributed by atoms with Gasteiger partial charge in [0.05, 0.1) is 23.2 Å². The van der Waals surface area contributed by atoms with Gasteiger partial charge >= 0.3 is 5.97 Å². The van der Waals surface area contributed by atoms with Crippen LogP contribution in [0.25, 0.3) is 11.3 Å². The SMILES string of the molecule is COC(=O)c1ccc(C(=O)Nc2nc(-c3ccccc3)c(C(C)=O)s2)cc1. The summed E-state index contributed by atoms with van der Waals surface area (Å²) in [6.45, 7) is 1.47. The van der Waals surface area contributed by atoms with Crippen LogP contribution < -0.4 is 5.32 Å². The molecule has 0 fully saturated rings. The monoisotopic (exact) mass is 380 g/mol. The third-order valence-corrected chi connectivity index (χ3v) is 4.85. The van der Waals surface area contributed by atoms with E-state index in [9.17, 15) is 14.4 Å². The first-order valence-electron chi connectivity index (χ1n) is 8.06. The zero-order valence-electron chi connectivity index (χ0n) is 14.7. The van der Waals surface area contributed by atoms with Crippen molar-refractivity contribution in [1.29, 1.82) is 0 Å². The number of ether oxygens (including phenoxy) is 1. The van der Waals surface area contributed by atoms with E-state index < -0.39 is 5.97 Å². The highest BCUT2D eigenvalue weighted by Gasteiger charge is 2.18. The maximum absolute atomic E-state index is 12.4. The number of ketones is 1. The van der Waals surface area contributed by atoms with Crippen molar-refractivity contribution in [3.05, 3.63) is 70.6 Å². The molecule has 0 radical (unpaired) electrons. The fraction of sp³-hybridized carbons (Fsp3) is 0.100. The van der Waals surface area contributed by atoms with Crippen molar-refractivity contribution in [2.45, 2.75) is 6.92 Å². The van der Waals surface area contributed by atoms with Gasteiger partial charge in [-0.15, -0.1) is 0 Å². The van der Waals surface area contributed by atoms with Crippen molar-refractivity contribution >= 4 is 34.1 Å². The molecule has 2 aromatic carbocycles. The van der Waals surface area contributed by atoms with E-state index in [4.69, 9.17) is 0 Å². The van der Waals surface area contributed by atoms with Crippen molar-refractivity contribution in [3.63, 3.8) is 0 Å². The molecule has 0 unspecified atom stereocenters. The van der Waals surface area contributed by atoms with Gasteiger partial charge in [-0.05, 0) is 24.3 Å². The van der Waals surface area contributed by atoms with Crippen LogP contribution in [0.1, 0.15) is 37.3 Å². The molecule has 27 heavy (non-hydrogen) atoms. The molecule has 7 heteroatoms. The Bertz CT molecular complexity index is 995. The number of hydrogen-bond acceptors (Lipinski definition) is 6. The van der Waals surface area contributed by atoms with E-state index >= 15 is 0 Å². The number of esters is 1. The lowest BCUT2D eigenvalue weighted by Crippen LogP contribution is -2.12. The first kappa shape index (κ1) is 18.5. The summed E-state index contributed by atoms with van der Waals surface area (Å²) in [5.74, 6) is -0.968. The van der Waals surface area contributed by atoms with Gasteiger partial charge in [-0.2, -0.15) is 0 Å². The maximum Gasteiger partial charge on any atom is 0.337 e. The van der Waals surface area contributed by atoms with E-state index in [1.807, 2.05) is 30.3 Å². The first-order valence-corrected chi connectivity index (χ1v) is 8.88. The molecular weight excluding hydrogens is 364 g/mol. The number of anilines is 1. The Balaban J connectivity index is 1.84. The summed E-state index contributed by atoms with van der Waals surface area (Å²) in [4.78, 5) is 40.8. The van der Waals surface area contributed by atoms with Crippen LogP contribution in [-0.2, 0) is 4.74 Å².